The molecule has 0 fully saturated rings. The third kappa shape index (κ3) is 3.52. The molecule has 0 unspecified atom stereocenters. The molecule has 1 aromatic rings. The topological polar surface area (TPSA) is 38.3 Å². The molecule has 0 radical (unpaired) electrons. The summed E-state index contributed by atoms with van der Waals surface area (Å²) in [6, 6.07) is 5.89. The summed E-state index contributed by atoms with van der Waals surface area (Å²) in [6.45, 7) is 16.5. The summed E-state index contributed by atoms with van der Waals surface area (Å²) < 4.78 is 7.25. The Morgan fingerprint density at radius 3 is 2.15 bits per heavy atom. The highest BCUT2D eigenvalue weighted by Gasteiger charge is 2.47. The normalized spacial score (nSPS) is 21.6. The van der Waals surface area contributed by atoms with Gasteiger partial charge in [-0.3, -0.25) is 4.79 Å². The van der Waals surface area contributed by atoms with E-state index >= 15 is 0 Å². The second-order valence-corrected chi connectivity index (χ2v) is 10.3. The Balaban J connectivity index is 2.26. The van der Waals surface area contributed by atoms with Crippen LogP contribution in [0.1, 0.15) is 41.5 Å². The number of rotatable bonds is 1. The molecule has 144 valence electrons. The number of benzene rings is 1. The van der Waals surface area contributed by atoms with Gasteiger partial charge in [0, 0.05) is 15.6 Å². The van der Waals surface area contributed by atoms with Crippen LogP contribution in [0, 0.1) is 10.8 Å². The van der Waals surface area contributed by atoms with E-state index in [4.69, 9.17) is 4.74 Å². The number of ketones is 1. The van der Waals surface area contributed by atoms with Gasteiger partial charge in [0.05, 0.1) is 5.69 Å². The zero-order valence-corrected chi connectivity index (χ0v) is 18.5. The van der Waals surface area contributed by atoms with Gasteiger partial charge in [0.1, 0.15) is 17.4 Å². The van der Waals surface area contributed by atoms with E-state index < -0.39 is 5.54 Å². The minimum Gasteiger partial charge on any atom is -0.481 e. The molecule has 0 saturated heterocycles. The number of nitrogens with one attached hydrogen (secondary N) is 1. The summed E-state index contributed by atoms with van der Waals surface area (Å²) >= 11 is 3.53. The summed E-state index contributed by atoms with van der Waals surface area (Å²) in [6.07, 6.45) is 5.57. The summed E-state index contributed by atoms with van der Waals surface area (Å²) in [5, 5.41) is 3.65. The molecule has 1 N–H and O–H groups in total. The van der Waals surface area contributed by atoms with Crippen molar-refractivity contribution < 1.29 is 9.53 Å². The number of allylic oxidation sites excluding steroid dienone is 2. The third-order valence-electron chi connectivity index (χ3n) is 5.10. The van der Waals surface area contributed by atoms with Crippen molar-refractivity contribution in [2.24, 2.45) is 10.8 Å². The SMILES string of the molecule is C=C[C@H]1Oc2ccc(Br)cc2NC12C=C(C(C)(C)C)C(=O)C(C(C)(C)C)=C2. The molecule has 3 rings (SSSR count). The van der Waals surface area contributed by atoms with Crippen molar-refractivity contribution in [1.29, 1.82) is 0 Å². The molecule has 3 nitrogen and oxygen atoms in total. The van der Waals surface area contributed by atoms with Gasteiger partial charge < -0.3 is 10.1 Å². The quantitative estimate of drug-likeness (QED) is 0.550. The molecule has 0 saturated carbocycles. The number of anilines is 1. The Labute approximate surface area is 170 Å². The van der Waals surface area contributed by atoms with Gasteiger partial charge in [0.15, 0.2) is 5.78 Å². The Bertz CT molecular complexity index is 831. The fourth-order valence-electron chi connectivity index (χ4n) is 3.63. The van der Waals surface area contributed by atoms with Gasteiger partial charge >= 0.3 is 0 Å². The average molecular weight is 430 g/mol. The van der Waals surface area contributed by atoms with Crippen LogP contribution in [-0.2, 0) is 4.79 Å². The van der Waals surface area contributed by atoms with E-state index in [1.165, 1.54) is 0 Å². The number of carbonyl (C=O) groups excluding carboxylic acids is 1. The van der Waals surface area contributed by atoms with Crippen molar-refractivity contribution in [3.8, 4) is 5.75 Å². The van der Waals surface area contributed by atoms with Crippen LogP contribution in [0.2, 0.25) is 0 Å². The molecule has 1 aliphatic carbocycles. The van der Waals surface area contributed by atoms with E-state index in [1.807, 2.05) is 30.4 Å². The van der Waals surface area contributed by atoms with Crippen LogP contribution >= 0.6 is 15.9 Å². The standard InChI is InChI=1S/C23H28BrNO2/c1-8-19-23(25-17-11-14(24)9-10-18(17)27-19)12-15(21(2,3)4)20(26)16(13-23)22(5,6)7/h8-13,19,25H,1H2,2-7H3/t19-/m1/s1. The van der Waals surface area contributed by atoms with Crippen molar-refractivity contribution in [3.63, 3.8) is 0 Å². The molecule has 2 aliphatic rings. The predicted molar refractivity (Wildman–Crippen MR) is 115 cm³/mol. The first kappa shape index (κ1) is 19.9. The van der Waals surface area contributed by atoms with Gasteiger partial charge in [-0.25, -0.2) is 0 Å². The van der Waals surface area contributed by atoms with Gasteiger partial charge in [-0.2, -0.15) is 0 Å². The predicted octanol–water partition coefficient (Wildman–Crippen LogP) is 6.07. The fourth-order valence-corrected chi connectivity index (χ4v) is 3.99. The highest BCUT2D eigenvalue weighted by molar-refractivity contribution is 9.10. The summed E-state index contributed by atoms with van der Waals surface area (Å²) in [7, 11) is 0. The second-order valence-electron chi connectivity index (χ2n) is 9.42. The molecule has 1 atom stereocenters. The van der Waals surface area contributed by atoms with Crippen LogP contribution < -0.4 is 10.1 Å². The van der Waals surface area contributed by atoms with Crippen molar-refractivity contribution >= 4 is 27.4 Å². The number of fused-ring (bicyclic) bond motifs is 1. The molecule has 1 spiro atoms. The van der Waals surface area contributed by atoms with E-state index in [2.05, 4.69) is 69.4 Å². The maximum atomic E-state index is 13.3. The Morgan fingerprint density at radius 2 is 1.67 bits per heavy atom. The Morgan fingerprint density at radius 1 is 1.11 bits per heavy atom. The Hall–Kier alpha value is -1.81. The minimum absolute atomic E-state index is 0.116. The van der Waals surface area contributed by atoms with E-state index in [1.54, 1.807) is 6.08 Å². The van der Waals surface area contributed by atoms with E-state index in [0.717, 1.165) is 27.1 Å². The number of hydrogen-bond acceptors (Lipinski definition) is 3. The van der Waals surface area contributed by atoms with Gasteiger partial charge in [0.25, 0.3) is 0 Å². The highest BCUT2D eigenvalue weighted by atomic mass is 79.9. The number of carbonyl (C=O) groups is 1. The van der Waals surface area contributed by atoms with Crippen LogP contribution in [0.4, 0.5) is 5.69 Å². The van der Waals surface area contributed by atoms with Crippen LogP contribution in [0.15, 0.2) is 58.6 Å². The molecular formula is C23H28BrNO2. The van der Waals surface area contributed by atoms with Gasteiger partial charge in [-0.15, -0.1) is 0 Å². The smallest absolute Gasteiger partial charge is 0.185 e. The monoisotopic (exact) mass is 429 g/mol. The van der Waals surface area contributed by atoms with Crippen LogP contribution in [0.5, 0.6) is 5.75 Å². The molecular weight excluding hydrogens is 402 g/mol. The molecule has 1 heterocycles. The largest absolute Gasteiger partial charge is 0.481 e. The van der Waals surface area contributed by atoms with Gasteiger partial charge in [-0.1, -0.05) is 64.1 Å². The van der Waals surface area contributed by atoms with Gasteiger partial charge in [-0.05, 0) is 47.3 Å². The number of hydrogen-bond donors (Lipinski definition) is 1. The van der Waals surface area contributed by atoms with Crippen molar-refractivity contribution in [1.82, 2.24) is 0 Å². The first-order chi connectivity index (χ1) is 12.4. The van der Waals surface area contributed by atoms with Crippen LogP contribution in [0.25, 0.3) is 0 Å². The summed E-state index contributed by atoms with van der Waals surface area (Å²) in [5.41, 5.74) is 1.28. The lowest BCUT2D eigenvalue weighted by molar-refractivity contribution is -0.114. The molecule has 0 amide bonds. The first-order valence-corrected chi connectivity index (χ1v) is 10.0. The number of halogens is 1. The third-order valence-corrected chi connectivity index (χ3v) is 5.60. The lowest BCUT2D eigenvalue weighted by Gasteiger charge is -2.46. The van der Waals surface area contributed by atoms with Crippen molar-refractivity contribution in [2.45, 2.75) is 53.2 Å². The molecule has 4 heteroatoms. The molecule has 0 bridgehead atoms. The van der Waals surface area contributed by atoms with E-state index in [0.29, 0.717) is 0 Å². The number of ether oxygens (including phenoxy) is 1. The van der Waals surface area contributed by atoms with Crippen LogP contribution in [-0.4, -0.2) is 17.4 Å². The van der Waals surface area contributed by atoms with Crippen molar-refractivity contribution in [3.05, 3.63) is 58.6 Å². The van der Waals surface area contributed by atoms with Crippen molar-refractivity contribution in [2.75, 3.05) is 5.32 Å². The maximum absolute atomic E-state index is 13.3. The zero-order valence-electron chi connectivity index (χ0n) is 16.9. The van der Waals surface area contributed by atoms with Crippen LogP contribution in [0.3, 0.4) is 0 Å². The lowest BCUT2D eigenvalue weighted by atomic mass is 9.67. The number of Topliss-reactive ketones (excluding diaryl/α,β-unsaturated/α-hetero) is 1. The second kappa shape index (κ2) is 6.37. The minimum atomic E-state index is -0.658. The summed E-state index contributed by atoms with van der Waals surface area (Å²) in [4.78, 5) is 13.3. The molecule has 1 aliphatic heterocycles. The molecule has 0 aromatic heterocycles. The maximum Gasteiger partial charge on any atom is 0.185 e. The van der Waals surface area contributed by atoms with E-state index in [-0.39, 0.29) is 22.7 Å². The fraction of sp³-hybridized carbons (Fsp3) is 0.435. The van der Waals surface area contributed by atoms with E-state index in [9.17, 15) is 4.79 Å². The highest BCUT2D eigenvalue weighted by Crippen LogP contribution is 2.46. The average Bonchev–Trinajstić information content (AvgIpc) is 2.54. The summed E-state index contributed by atoms with van der Waals surface area (Å²) in [5.74, 6) is 0.896. The Kier molecular flexibility index (Phi) is 4.70. The van der Waals surface area contributed by atoms with Gasteiger partial charge in [0.2, 0.25) is 0 Å². The first-order valence-electron chi connectivity index (χ1n) is 9.26. The molecule has 27 heavy (non-hydrogen) atoms. The zero-order chi connectivity index (χ0) is 20.2. The molecule has 1 aromatic carbocycles. The lowest BCUT2D eigenvalue weighted by Crippen LogP contribution is -2.54.